The SMILES string of the molecule is CCCc1ncc(C(=O)N2C[C@@H](CC)[C@H](N3CCOCC3)C2)s1. The van der Waals surface area contributed by atoms with E-state index in [1.807, 2.05) is 4.90 Å². The fourth-order valence-electron chi connectivity index (χ4n) is 3.64. The molecule has 0 radical (unpaired) electrons. The molecule has 23 heavy (non-hydrogen) atoms. The summed E-state index contributed by atoms with van der Waals surface area (Å²) in [5.41, 5.74) is 0. The molecule has 6 heteroatoms. The second-order valence-corrected chi connectivity index (χ2v) is 7.58. The summed E-state index contributed by atoms with van der Waals surface area (Å²) in [5, 5.41) is 1.08. The normalized spacial score (nSPS) is 25.9. The standard InChI is InChI=1S/C17H27N3O2S/c1-3-5-16-18-10-15(23-16)17(21)20-11-13(4-2)14(12-20)19-6-8-22-9-7-19/h10,13-14H,3-9,11-12H2,1-2H3/t13-,14-/m1/s1. The lowest BCUT2D eigenvalue weighted by molar-refractivity contribution is 0.0103. The van der Waals surface area contributed by atoms with E-state index in [-0.39, 0.29) is 5.91 Å². The molecule has 1 amide bonds. The van der Waals surface area contributed by atoms with Gasteiger partial charge in [0.1, 0.15) is 4.88 Å². The maximum atomic E-state index is 12.8. The Kier molecular flexibility index (Phi) is 5.67. The number of morpholine rings is 1. The van der Waals surface area contributed by atoms with Gasteiger partial charge in [0.2, 0.25) is 0 Å². The van der Waals surface area contributed by atoms with Gasteiger partial charge in [0.05, 0.1) is 24.4 Å². The quantitative estimate of drug-likeness (QED) is 0.827. The summed E-state index contributed by atoms with van der Waals surface area (Å²) in [6, 6.07) is 0.482. The van der Waals surface area contributed by atoms with Crippen LogP contribution in [0.2, 0.25) is 0 Å². The summed E-state index contributed by atoms with van der Waals surface area (Å²) in [5.74, 6) is 0.735. The summed E-state index contributed by atoms with van der Waals surface area (Å²) < 4.78 is 5.47. The molecule has 2 saturated heterocycles. The van der Waals surface area contributed by atoms with Gasteiger partial charge in [-0.05, 0) is 18.8 Å². The zero-order chi connectivity index (χ0) is 16.2. The number of likely N-dealkylation sites (tertiary alicyclic amines) is 1. The number of nitrogens with zero attached hydrogens (tertiary/aromatic N) is 3. The number of hydrogen-bond acceptors (Lipinski definition) is 5. The number of carbonyl (C=O) groups excluding carboxylic acids is 1. The Bertz CT molecular complexity index is 528. The van der Waals surface area contributed by atoms with Crippen molar-refractivity contribution in [3.8, 4) is 0 Å². The van der Waals surface area contributed by atoms with Gasteiger partial charge in [0.15, 0.2) is 0 Å². The molecule has 2 aliphatic rings. The van der Waals surface area contributed by atoms with Gasteiger partial charge < -0.3 is 9.64 Å². The molecular weight excluding hydrogens is 310 g/mol. The van der Waals surface area contributed by atoms with Gasteiger partial charge in [-0.2, -0.15) is 0 Å². The van der Waals surface area contributed by atoms with Gasteiger partial charge in [-0.3, -0.25) is 9.69 Å². The molecule has 3 rings (SSSR count). The zero-order valence-electron chi connectivity index (χ0n) is 14.2. The smallest absolute Gasteiger partial charge is 0.265 e. The lowest BCUT2D eigenvalue weighted by atomic mass is 9.99. The molecule has 2 atom stereocenters. The molecule has 128 valence electrons. The number of rotatable bonds is 5. The van der Waals surface area contributed by atoms with Crippen LogP contribution in [-0.4, -0.2) is 66.1 Å². The fraction of sp³-hybridized carbons (Fsp3) is 0.765. The fourth-order valence-corrected chi connectivity index (χ4v) is 4.63. The van der Waals surface area contributed by atoms with E-state index in [2.05, 4.69) is 23.7 Å². The number of amides is 1. The van der Waals surface area contributed by atoms with Crippen molar-refractivity contribution < 1.29 is 9.53 Å². The van der Waals surface area contributed by atoms with E-state index in [4.69, 9.17) is 4.74 Å². The Balaban J connectivity index is 1.66. The van der Waals surface area contributed by atoms with Crippen molar-refractivity contribution in [3.05, 3.63) is 16.1 Å². The highest BCUT2D eigenvalue weighted by Crippen LogP contribution is 2.28. The molecular formula is C17H27N3O2S. The van der Waals surface area contributed by atoms with Crippen molar-refractivity contribution in [2.75, 3.05) is 39.4 Å². The number of aryl methyl sites for hydroxylation is 1. The number of aromatic nitrogens is 1. The minimum Gasteiger partial charge on any atom is -0.379 e. The van der Waals surface area contributed by atoms with Crippen LogP contribution in [0.15, 0.2) is 6.20 Å². The van der Waals surface area contributed by atoms with E-state index in [1.165, 1.54) is 0 Å². The molecule has 1 aromatic rings. The summed E-state index contributed by atoms with van der Waals surface area (Å²) in [4.78, 5) is 22.5. The topological polar surface area (TPSA) is 45.7 Å². The highest BCUT2D eigenvalue weighted by Gasteiger charge is 2.38. The average molecular weight is 337 g/mol. The Morgan fingerprint density at radius 2 is 2.13 bits per heavy atom. The molecule has 2 aliphatic heterocycles. The second-order valence-electron chi connectivity index (χ2n) is 6.46. The third kappa shape index (κ3) is 3.75. The van der Waals surface area contributed by atoms with E-state index in [0.717, 1.165) is 68.5 Å². The van der Waals surface area contributed by atoms with E-state index in [1.54, 1.807) is 17.5 Å². The first-order chi connectivity index (χ1) is 11.2. The molecule has 5 nitrogen and oxygen atoms in total. The van der Waals surface area contributed by atoms with Gasteiger partial charge >= 0.3 is 0 Å². The third-order valence-corrected chi connectivity index (χ3v) is 6.01. The first-order valence-corrected chi connectivity index (χ1v) is 9.60. The lowest BCUT2D eigenvalue weighted by Gasteiger charge is -2.34. The Morgan fingerprint density at radius 3 is 2.83 bits per heavy atom. The highest BCUT2D eigenvalue weighted by atomic mass is 32.1. The maximum absolute atomic E-state index is 12.8. The van der Waals surface area contributed by atoms with Gasteiger partial charge in [-0.25, -0.2) is 4.98 Å². The van der Waals surface area contributed by atoms with E-state index in [0.29, 0.717) is 12.0 Å². The van der Waals surface area contributed by atoms with E-state index < -0.39 is 0 Å². The number of thiazole rings is 1. The number of carbonyl (C=O) groups is 1. The highest BCUT2D eigenvalue weighted by molar-refractivity contribution is 7.13. The van der Waals surface area contributed by atoms with Crippen LogP contribution in [0.4, 0.5) is 0 Å². The van der Waals surface area contributed by atoms with Gasteiger partial charge in [-0.1, -0.05) is 20.3 Å². The van der Waals surface area contributed by atoms with Gasteiger partial charge in [0, 0.05) is 32.2 Å². The molecule has 0 N–H and O–H groups in total. The molecule has 0 unspecified atom stereocenters. The third-order valence-electron chi connectivity index (χ3n) is 4.96. The van der Waals surface area contributed by atoms with Crippen molar-refractivity contribution >= 4 is 17.2 Å². The minimum absolute atomic E-state index is 0.166. The Morgan fingerprint density at radius 1 is 1.35 bits per heavy atom. The summed E-state index contributed by atoms with van der Waals surface area (Å²) in [6.45, 7) is 9.71. The predicted octanol–water partition coefficient (Wildman–Crippen LogP) is 2.28. The van der Waals surface area contributed by atoms with Crippen molar-refractivity contribution in [1.82, 2.24) is 14.8 Å². The van der Waals surface area contributed by atoms with Crippen molar-refractivity contribution in [2.24, 2.45) is 5.92 Å². The van der Waals surface area contributed by atoms with Crippen LogP contribution in [-0.2, 0) is 11.2 Å². The Labute approximate surface area is 142 Å². The van der Waals surface area contributed by atoms with Crippen molar-refractivity contribution in [2.45, 2.75) is 39.2 Å². The van der Waals surface area contributed by atoms with Crippen molar-refractivity contribution in [1.29, 1.82) is 0 Å². The maximum Gasteiger partial charge on any atom is 0.265 e. The van der Waals surface area contributed by atoms with Gasteiger partial charge in [-0.15, -0.1) is 11.3 Å². The predicted molar refractivity (Wildman–Crippen MR) is 92.0 cm³/mol. The summed E-state index contributed by atoms with van der Waals surface area (Å²) in [6.07, 6.45) is 4.92. The monoisotopic (exact) mass is 337 g/mol. The largest absolute Gasteiger partial charge is 0.379 e. The molecule has 3 heterocycles. The first-order valence-electron chi connectivity index (χ1n) is 8.78. The summed E-state index contributed by atoms with van der Waals surface area (Å²) in [7, 11) is 0. The zero-order valence-corrected chi connectivity index (χ0v) is 15.0. The average Bonchev–Trinajstić information content (AvgIpc) is 3.22. The first kappa shape index (κ1) is 16.9. The van der Waals surface area contributed by atoms with Crippen LogP contribution in [0.1, 0.15) is 41.4 Å². The minimum atomic E-state index is 0.166. The van der Waals surface area contributed by atoms with E-state index >= 15 is 0 Å². The molecule has 0 aromatic carbocycles. The number of hydrogen-bond donors (Lipinski definition) is 0. The van der Waals surface area contributed by atoms with Crippen LogP contribution in [0, 0.1) is 5.92 Å². The molecule has 1 aromatic heterocycles. The van der Waals surface area contributed by atoms with Crippen LogP contribution < -0.4 is 0 Å². The molecule has 0 saturated carbocycles. The number of ether oxygens (including phenoxy) is 1. The molecule has 0 spiro atoms. The molecule has 0 aliphatic carbocycles. The van der Waals surface area contributed by atoms with Crippen molar-refractivity contribution in [3.63, 3.8) is 0 Å². The second kappa shape index (κ2) is 7.73. The van der Waals surface area contributed by atoms with Crippen LogP contribution >= 0.6 is 11.3 Å². The molecule has 2 fully saturated rings. The lowest BCUT2D eigenvalue weighted by Crippen LogP contribution is -2.47. The van der Waals surface area contributed by atoms with Crippen LogP contribution in [0.25, 0.3) is 0 Å². The van der Waals surface area contributed by atoms with Crippen LogP contribution in [0.5, 0.6) is 0 Å². The van der Waals surface area contributed by atoms with E-state index in [9.17, 15) is 4.79 Å². The van der Waals surface area contributed by atoms with Gasteiger partial charge in [0.25, 0.3) is 5.91 Å². The molecule has 0 bridgehead atoms. The van der Waals surface area contributed by atoms with Crippen LogP contribution in [0.3, 0.4) is 0 Å². The Hall–Kier alpha value is -0.980. The summed E-state index contributed by atoms with van der Waals surface area (Å²) >= 11 is 1.56.